The summed E-state index contributed by atoms with van der Waals surface area (Å²) in [7, 11) is 5.19. The van der Waals surface area contributed by atoms with Crippen LogP contribution in [0.15, 0.2) is 40.9 Å². The summed E-state index contributed by atoms with van der Waals surface area (Å²) in [6.07, 6.45) is 0. The predicted octanol–water partition coefficient (Wildman–Crippen LogP) is 4.43. The van der Waals surface area contributed by atoms with Crippen molar-refractivity contribution in [3.8, 4) is 11.5 Å². The van der Waals surface area contributed by atoms with Crippen LogP contribution >= 0.6 is 27.5 Å². The molecular weight excluding hydrogens is 354 g/mol. The fourth-order valence-electron chi connectivity index (χ4n) is 2.26. The lowest BCUT2D eigenvalue weighted by atomic mass is 9.98. The van der Waals surface area contributed by atoms with Crippen LogP contribution in [0, 0.1) is 0 Å². The molecule has 0 radical (unpaired) electrons. The first-order valence-corrected chi connectivity index (χ1v) is 7.60. The summed E-state index contributed by atoms with van der Waals surface area (Å²) in [5.74, 6) is 1.51. The van der Waals surface area contributed by atoms with Gasteiger partial charge in [0.15, 0.2) is 0 Å². The number of benzene rings is 2. The molecule has 1 N–H and O–H groups in total. The third kappa shape index (κ3) is 3.90. The number of ether oxygens (including phenoxy) is 2. The molecule has 0 aliphatic rings. The Morgan fingerprint density at radius 2 is 1.52 bits per heavy atom. The number of hydrogen-bond acceptors (Lipinski definition) is 3. The third-order valence-corrected chi connectivity index (χ3v) is 3.89. The molecule has 1 atom stereocenters. The van der Waals surface area contributed by atoms with Gasteiger partial charge in [-0.25, -0.2) is 0 Å². The minimum absolute atomic E-state index is 0.0102. The molecule has 2 rings (SSSR count). The van der Waals surface area contributed by atoms with E-state index in [4.69, 9.17) is 21.1 Å². The normalized spacial score (nSPS) is 12.0. The highest BCUT2D eigenvalue weighted by molar-refractivity contribution is 9.10. The first kappa shape index (κ1) is 16.1. The Morgan fingerprint density at radius 3 is 2.00 bits per heavy atom. The Labute approximate surface area is 138 Å². The first-order chi connectivity index (χ1) is 10.1. The molecule has 2 aromatic rings. The number of hydrogen-bond donors (Lipinski definition) is 1. The third-order valence-electron chi connectivity index (χ3n) is 3.21. The fourth-order valence-corrected chi connectivity index (χ4v) is 3.15. The van der Waals surface area contributed by atoms with Gasteiger partial charge in [0.1, 0.15) is 11.5 Å². The van der Waals surface area contributed by atoms with E-state index >= 15 is 0 Å². The van der Waals surface area contributed by atoms with Crippen LogP contribution in [-0.4, -0.2) is 21.3 Å². The summed E-state index contributed by atoms with van der Waals surface area (Å²) in [4.78, 5) is 0. The SMILES string of the molecule is CNC(c1cc(Cl)cc(Br)c1)c1cc(OC)cc(OC)c1. The zero-order valence-electron chi connectivity index (χ0n) is 12.1. The second-order valence-electron chi connectivity index (χ2n) is 4.57. The molecule has 0 aliphatic carbocycles. The number of methoxy groups -OCH3 is 2. The molecule has 0 saturated carbocycles. The van der Waals surface area contributed by atoms with Gasteiger partial charge in [-0.2, -0.15) is 0 Å². The maximum absolute atomic E-state index is 6.15. The second kappa shape index (κ2) is 7.16. The van der Waals surface area contributed by atoms with Gasteiger partial charge in [0.2, 0.25) is 0 Å². The molecule has 0 heterocycles. The Morgan fingerprint density at radius 1 is 0.952 bits per heavy atom. The lowest BCUT2D eigenvalue weighted by Crippen LogP contribution is -2.17. The molecule has 1 unspecified atom stereocenters. The summed E-state index contributed by atoms with van der Waals surface area (Å²) in [6.45, 7) is 0. The molecule has 0 aromatic heterocycles. The molecule has 0 amide bonds. The van der Waals surface area contributed by atoms with Gasteiger partial charge in [-0.3, -0.25) is 0 Å². The number of rotatable bonds is 5. The molecule has 3 nitrogen and oxygen atoms in total. The van der Waals surface area contributed by atoms with Crippen molar-refractivity contribution < 1.29 is 9.47 Å². The Kier molecular flexibility index (Phi) is 5.51. The van der Waals surface area contributed by atoms with Crippen LogP contribution in [0.25, 0.3) is 0 Å². The molecule has 0 fully saturated rings. The van der Waals surface area contributed by atoms with Crippen molar-refractivity contribution >= 4 is 27.5 Å². The summed E-state index contributed by atoms with van der Waals surface area (Å²) in [5.41, 5.74) is 2.11. The van der Waals surface area contributed by atoms with Crippen LogP contribution in [-0.2, 0) is 0 Å². The van der Waals surface area contributed by atoms with E-state index in [9.17, 15) is 0 Å². The fraction of sp³-hybridized carbons (Fsp3) is 0.250. The first-order valence-electron chi connectivity index (χ1n) is 6.43. The van der Waals surface area contributed by atoms with E-state index in [-0.39, 0.29) is 6.04 Å². The van der Waals surface area contributed by atoms with E-state index in [0.29, 0.717) is 5.02 Å². The van der Waals surface area contributed by atoms with Crippen molar-refractivity contribution in [2.75, 3.05) is 21.3 Å². The molecule has 112 valence electrons. The zero-order chi connectivity index (χ0) is 15.4. The summed E-state index contributed by atoms with van der Waals surface area (Å²) in [5, 5.41) is 3.99. The van der Waals surface area contributed by atoms with Gasteiger partial charge in [-0.05, 0) is 48.5 Å². The quantitative estimate of drug-likeness (QED) is 0.844. The Hall–Kier alpha value is -1.23. The van der Waals surface area contributed by atoms with Gasteiger partial charge in [-0.1, -0.05) is 27.5 Å². The molecule has 21 heavy (non-hydrogen) atoms. The van der Waals surface area contributed by atoms with Crippen LogP contribution in [0.1, 0.15) is 17.2 Å². The zero-order valence-corrected chi connectivity index (χ0v) is 14.5. The van der Waals surface area contributed by atoms with Crippen LogP contribution in [0.4, 0.5) is 0 Å². The topological polar surface area (TPSA) is 30.5 Å². The highest BCUT2D eigenvalue weighted by Gasteiger charge is 2.15. The molecule has 0 bridgehead atoms. The van der Waals surface area contributed by atoms with E-state index < -0.39 is 0 Å². The van der Waals surface area contributed by atoms with Crippen LogP contribution in [0.2, 0.25) is 5.02 Å². The molecule has 0 saturated heterocycles. The smallest absolute Gasteiger partial charge is 0.122 e. The highest BCUT2D eigenvalue weighted by atomic mass is 79.9. The van der Waals surface area contributed by atoms with Crippen molar-refractivity contribution in [2.24, 2.45) is 0 Å². The minimum atomic E-state index is -0.0102. The van der Waals surface area contributed by atoms with Gasteiger partial charge in [0.25, 0.3) is 0 Å². The lowest BCUT2D eigenvalue weighted by Gasteiger charge is -2.19. The van der Waals surface area contributed by atoms with Gasteiger partial charge >= 0.3 is 0 Å². The van der Waals surface area contributed by atoms with Gasteiger partial charge in [0.05, 0.1) is 20.3 Å². The highest BCUT2D eigenvalue weighted by Crippen LogP contribution is 2.32. The van der Waals surface area contributed by atoms with E-state index in [1.165, 1.54) is 0 Å². The predicted molar refractivity (Wildman–Crippen MR) is 89.6 cm³/mol. The van der Waals surface area contributed by atoms with Crippen molar-refractivity contribution in [3.63, 3.8) is 0 Å². The van der Waals surface area contributed by atoms with E-state index in [1.807, 2.05) is 43.4 Å². The largest absolute Gasteiger partial charge is 0.497 e. The molecule has 0 aliphatic heterocycles. The van der Waals surface area contributed by atoms with Crippen molar-refractivity contribution in [2.45, 2.75) is 6.04 Å². The van der Waals surface area contributed by atoms with Crippen molar-refractivity contribution in [3.05, 3.63) is 57.0 Å². The maximum atomic E-state index is 6.15. The monoisotopic (exact) mass is 369 g/mol. The lowest BCUT2D eigenvalue weighted by molar-refractivity contribution is 0.392. The van der Waals surface area contributed by atoms with E-state index in [1.54, 1.807) is 14.2 Å². The number of nitrogens with one attached hydrogen (secondary N) is 1. The van der Waals surface area contributed by atoms with Gasteiger partial charge < -0.3 is 14.8 Å². The van der Waals surface area contributed by atoms with Gasteiger partial charge in [0, 0.05) is 15.6 Å². The average molecular weight is 371 g/mol. The second-order valence-corrected chi connectivity index (χ2v) is 5.92. The summed E-state index contributed by atoms with van der Waals surface area (Å²) in [6, 6.07) is 11.7. The minimum Gasteiger partial charge on any atom is -0.497 e. The van der Waals surface area contributed by atoms with Crippen LogP contribution < -0.4 is 14.8 Å². The van der Waals surface area contributed by atoms with Crippen molar-refractivity contribution in [1.82, 2.24) is 5.32 Å². The van der Waals surface area contributed by atoms with E-state index in [2.05, 4.69) is 21.2 Å². The summed E-state index contributed by atoms with van der Waals surface area (Å²) >= 11 is 9.63. The molecular formula is C16H17BrClNO2. The van der Waals surface area contributed by atoms with E-state index in [0.717, 1.165) is 27.1 Å². The molecule has 5 heteroatoms. The Balaban J connectivity index is 2.49. The van der Waals surface area contributed by atoms with Crippen LogP contribution in [0.3, 0.4) is 0 Å². The maximum Gasteiger partial charge on any atom is 0.122 e. The van der Waals surface area contributed by atoms with Crippen LogP contribution in [0.5, 0.6) is 11.5 Å². The average Bonchev–Trinajstić information content (AvgIpc) is 2.46. The Bertz CT molecular complexity index is 591. The van der Waals surface area contributed by atoms with Gasteiger partial charge in [-0.15, -0.1) is 0 Å². The number of halogens is 2. The molecule has 0 spiro atoms. The molecule has 2 aromatic carbocycles. The summed E-state index contributed by atoms with van der Waals surface area (Å²) < 4.78 is 11.6. The van der Waals surface area contributed by atoms with Crippen molar-refractivity contribution in [1.29, 1.82) is 0 Å². The standard InChI is InChI=1S/C16H17BrClNO2/c1-19-16(10-4-12(17)8-13(18)5-10)11-6-14(20-2)9-15(7-11)21-3/h4-9,16,19H,1-3H3.